The molecule has 1 aromatic heterocycles. The van der Waals surface area contributed by atoms with Gasteiger partial charge in [0.25, 0.3) is 0 Å². The van der Waals surface area contributed by atoms with E-state index in [9.17, 15) is 5.11 Å². The number of aryl methyl sites for hydroxylation is 1. The summed E-state index contributed by atoms with van der Waals surface area (Å²) in [6.07, 6.45) is 2.44. The zero-order valence-electron chi connectivity index (χ0n) is 14.6. The van der Waals surface area contributed by atoms with Crippen LogP contribution in [0.2, 0.25) is 0 Å². The number of aromatic nitrogens is 2. The molecule has 2 N–H and O–H groups in total. The Balaban J connectivity index is 1.75. The van der Waals surface area contributed by atoms with Crippen LogP contribution < -0.4 is 5.32 Å². The van der Waals surface area contributed by atoms with Crippen molar-refractivity contribution in [3.8, 4) is 17.3 Å². The summed E-state index contributed by atoms with van der Waals surface area (Å²) in [7, 11) is 0. The largest absolute Gasteiger partial charge is 0.392 e. The predicted molar refractivity (Wildman–Crippen MR) is 101 cm³/mol. The zero-order chi connectivity index (χ0) is 18.2. The van der Waals surface area contributed by atoms with Crippen molar-refractivity contribution in [1.82, 2.24) is 15.1 Å². The predicted octanol–water partition coefficient (Wildman–Crippen LogP) is 3.25. The van der Waals surface area contributed by atoms with Gasteiger partial charge in [-0.15, -0.1) is 0 Å². The molecule has 5 nitrogen and oxygen atoms in total. The van der Waals surface area contributed by atoms with E-state index in [4.69, 9.17) is 5.26 Å². The lowest BCUT2D eigenvalue weighted by molar-refractivity contribution is 0.280. The van der Waals surface area contributed by atoms with Crippen LogP contribution in [0.1, 0.15) is 23.1 Å². The first-order valence-electron chi connectivity index (χ1n) is 8.69. The average molecular weight is 346 g/mol. The van der Waals surface area contributed by atoms with E-state index in [1.165, 1.54) is 0 Å². The van der Waals surface area contributed by atoms with Crippen LogP contribution in [0, 0.1) is 11.3 Å². The molecule has 0 fully saturated rings. The minimum atomic E-state index is 0.0409. The fourth-order valence-corrected chi connectivity index (χ4v) is 2.93. The van der Waals surface area contributed by atoms with Crippen LogP contribution >= 0.6 is 0 Å². The molecule has 3 aromatic rings. The molecule has 26 heavy (non-hydrogen) atoms. The van der Waals surface area contributed by atoms with E-state index in [1.54, 1.807) is 0 Å². The number of nitriles is 1. The Bertz CT molecular complexity index is 881. The van der Waals surface area contributed by atoms with Crippen molar-refractivity contribution < 1.29 is 5.11 Å². The maximum absolute atomic E-state index is 9.45. The van der Waals surface area contributed by atoms with E-state index < -0.39 is 0 Å². The highest BCUT2D eigenvalue weighted by Crippen LogP contribution is 2.22. The lowest BCUT2D eigenvalue weighted by atomic mass is 10.1. The van der Waals surface area contributed by atoms with Crippen LogP contribution in [-0.2, 0) is 26.2 Å². The Labute approximate surface area is 153 Å². The molecule has 0 radical (unpaired) electrons. The highest BCUT2D eigenvalue weighted by atomic mass is 16.3. The van der Waals surface area contributed by atoms with Gasteiger partial charge in [0, 0.05) is 30.4 Å². The minimum Gasteiger partial charge on any atom is -0.392 e. The van der Waals surface area contributed by atoms with Crippen LogP contribution in [-0.4, -0.2) is 14.9 Å². The van der Waals surface area contributed by atoms with E-state index in [2.05, 4.69) is 16.5 Å². The molecule has 0 atom stereocenters. The second kappa shape index (κ2) is 8.95. The van der Waals surface area contributed by atoms with Gasteiger partial charge in [-0.2, -0.15) is 10.4 Å². The number of benzene rings is 2. The van der Waals surface area contributed by atoms with Crippen molar-refractivity contribution >= 4 is 0 Å². The molecule has 1 heterocycles. The van der Waals surface area contributed by atoms with Gasteiger partial charge in [-0.3, -0.25) is 4.68 Å². The van der Waals surface area contributed by atoms with Crippen molar-refractivity contribution in [3.63, 3.8) is 0 Å². The van der Waals surface area contributed by atoms with Crippen molar-refractivity contribution in [2.75, 3.05) is 0 Å². The van der Waals surface area contributed by atoms with E-state index in [0.717, 1.165) is 27.9 Å². The number of hydrogen-bond acceptors (Lipinski definition) is 4. The summed E-state index contributed by atoms with van der Waals surface area (Å²) in [5.74, 6) is 0. The summed E-state index contributed by atoms with van der Waals surface area (Å²) >= 11 is 0. The van der Waals surface area contributed by atoms with Gasteiger partial charge in [-0.05, 0) is 11.1 Å². The molecule has 0 unspecified atom stereocenters. The van der Waals surface area contributed by atoms with Crippen LogP contribution in [0.5, 0.6) is 0 Å². The Morgan fingerprint density at radius 2 is 1.65 bits per heavy atom. The van der Waals surface area contributed by atoms with E-state index in [-0.39, 0.29) is 6.61 Å². The summed E-state index contributed by atoms with van der Waals surface area (Å²) in [6, 6.07) is 20.1. The van der Waals surface area contributed by atoms with Gasteiger partial charge in [0.05, 0.1) is 31.3 Å². The molecule has 132 valence electrons. The van der Waals surface area contributed by atoms with Crippen LogP contribution in [0.25, 0.3) is 11.3 Å². The third kappa shape index (κ3) is 4.37. The molecular weight excluding hydrogens is 324 g/mol. The van der Waals surface area contributed by atoms with E-state index in [0.29, 0.717) is 26.1 Å². The molecule has 2 aromatic carbocycles. The van der Waals surface area contributed by atoms with Crippen LogP contribution in [0.4, 0.5) is 0 Å². The Morgan fingerprint density at radius 3 is 2.38 bits per heavy atom. The van der Waals surface area contributed by atoms with Gasteiger partial charge in [0.15, 0.2) is 0 Å². The molecular formula is C21H22N4O. The summed E-state index contributed by atoms with van der Waals surface area (Å²) in [5.41, 5.74) is 5.12. The smallest absolute Gasteiger partial charge is 0.0968 e. The number of rotatable bonds is 8. The van der Waals surface area contributed by atoms with Crippen molar-refractivity contribution in [2.45, 2.75) is 32.7 Å². The summed E-state index contributed by atoms with van der Waals surface area (Å²) in [4.78, 5) is 0. The molecule has 3 rings (SSSR count). The number of nitrogens with one attached hydrogen (secondary N) is 1. The zero-order valence-corrected chi connectivity index (χ0v) is 14.6. The number of aliphatic hydroxyl groups is 1. The highest BCUT2D eigenvalue weighted by Gasteiger charge is 2.11. The normalized spacial score (nSPS) is 10.6. The van der Waals surface area contributed by atoms with Gasteiger partial charge in [0.1, 0.15) is 0 Å². The molecule has 0 saturated carbocycles. The molecule has 5 heteroatoms. The second-order valence-electron chi connectivity index (χ2n) is 6.07. The summed E-state index contributed by atoms with van der Waals surface area (Å²) < 4.78 is 1.84. The first kappa shape index (κ1) is 17.9. The number of hydrogen-bond donors (Lipinski definition) is 2. The van der Waals surface area contributed by atoms with Gasteiger partial charge in [-0.25, -0.2) is 0 Å². The van der Waals surface area contributed by atoms with Gasteiger partial charge in [0.2, 0.25) is 0 Å². The summed E-state index contributed by atoms with van der Waals surface area (Å²) in [5, 5.41) is 26.4. The van der Waals surface area contributed by atoms with E-state index in [1.807, 2.05) is 65.5 Å². The van der Waals surface area contributed by atoms with Gasteiger partial charge in [-0.1, -0.05) is 54.6 Å². The SMILES string of the molecule is N#CCCn1cc(CNCc2ccccc2CO)c(-c2ccccc2)n1. The topological polar surface area (TPSA) is 73.9 Å². The van der Waals surface area contributed by atoms with Gasteiger partial charge >= 0.3 is 0 Å². The number of nitrogens with zero attached hydrogens (tertiary/aromatic N) is 3. The molecule has 0 aliphatic carbocycles. The fraction of sp³-hybridized carbons (Fsp3) is 0.238. The quantitative estimate of drug-likeness (QED) is 0.657. The first-order chi connectivity index (χ1) is 12.8. The molecule has 0 saturated heterocycles. The molecule has 0 amide bonds. The Hall–Kier alpha value is -2.94. The standard InChI is InChI=1S/C21H22N4O/c22-11-6-12-25-15-20(21(24-25)17-7-2-1-3-8-17)14-23-13-18-9-4-5-10-19(18)16-26/h1-5,7-10,15,23,26H,6,12-14,16H2. The van der Waals surface area contributed by atoms with Crippen LogP contribution in [0.15, 0.2) is 60.8 Å². The van der Waals surface area contributed by atoms with Crippen molar-refractivity contribution in [1.29, 1.82) is 5.26 Å². The van der Waals surface area contributed by atoms with E-state index >= 15 is 0 Å². The molecule has 0 bridgehead atoms. The maximum Gasteiger partial charge on any atom is 0.0968 e. The minimum absolute atomic E-state index is 0.0409. The van der Waals surface area contributed by atoms with Gasteiger partial charge < -0.3 is 10.4 Å². The summed E-state index contributed by atoms with van der Waals surface area (Å²) in [6.45, 7) is 1.97. The Morgan fingerprint density at radius 1 is 0.962 bits per heavy atom. The maximum atomic E-state index is 9.45. The molecule has 0 spiro atoms. The lowest BCUT2D eigenvalue weighted by Gasteiger charge is -2.09. The molecule has 0 aliphatic rings. The van der Waals surface area contributed by atoms with Crippen molar-refractivity contribution in [3.05, 3.63) is 77.5 Å². The first-order valence-corrected chi connectivity index (χ1v) is 8.69. The van der Waals surface area contributed by atoms with Crippen LogP contribution in [0.3, 0.4) is 0 Å². The average Bonchev–Trinajstić information content (AvgIpc) is 3.10. The molecule has 0 aliphatic heterocycles. The Kier molecular flexibility index (Phi) is 6.15. The monoisotopic (exact) mass is 346 g/mol. The third-order valence-electron chi connectivity index (χ3n) is 4.26. The fourth-order valence-electron chi connectivity index (χ4n) is 2.93. The highest BCUT2D eigenvalue weighted by molar-refractivity contribution is 5.62. The van der Waals surface area contributed by atoms with Crippen molar-refractivity contribution in [2.24, 2.45) is 0 Å². The second-order valence-corrected chi connectivity index (χ2v) is 6.07. The third-order valence-corrected chi connectivity index (χ3v) is 4.26. The lowest BCUT2D eigenvalue weighted by Crippen LogP contribution is -2.14. The number of aliphatic hydroxyl groups excluding tert-OH is 1.